The van der Waals surface area contributed by atoms with Crippen molar-refractivity contribution in [2.75, 3.05) is 30.4 Å². The van der Waals surface area contributed by atoms with E-state index in [1.165, 1.54) is 22.5 Å². The minimum absolute atomic E-state index is 0.507. The first-order chi connectivity index (χ1) is 14.6. The summed E-state index contributed by atoms with van der Waals surface area (Å²) in [7, 11) is 2.10. The van der Waals surface area contributed by atoms with Gasteiger partial charge in [0.1, 0.15) is 0 Å². The van der Waals surface area contributed by atoms with Gasteiger partial charge in [0.05, 0.1) is 0 Å². The van der Waals surface area contributed by atoms with Crippen molar-refractivity contribution in [3.05, 3.63) is 88.9 Å². The molecule has 154 valence electrons. The van der Waals surface area contributed by atoms with Crippen LogP contribution in [-0.4, -0.2) is 25.8 Å². The number of nitrogens with one attached hydrogen (secondary N) is 1. The Morgan fingerprint density at radius 2 is 1.83 bits per heavy atom. The van der Waals surface area contributed by atoms with Crippen LogP contribution in [0.5, 0.6) is 0 Å². The average molecular weight is 418 g/mol. The van der Waals surface area contributed by atoms with E-state index in [1.54, 1.807) is 0 Å². The van der Waals surface area contributed by atoms with Crippen LogP contribution in [0.2, 0.25) is 5.02 Å². The lowest BCUT2D eigenvalue weighted by atomic mass is 9.88. The molecule has 4 heteroatoms. The first-order valence-electron chi connectivity index (χ1n) is 10.6. The molecule has 1 unspecified atom stereocenters. The van der Waals surface area contributed by atoms with Crippen molar-refractivity contribution in [3.8, 4) is 0 Å². The van der Waals surface area contributed by atoms with Gasteiger partial charge in [-0.1, -0.05) is 41.9 Å². The zero-order valence-electron chi connectivity index (χ0n) is 17.6. The van der Waals surface area contributed by atoms with E-state index < -0.39 is 0 Å². The second-order valence-corrected chi connectivity index (χ2v) is 8.28. The number of hydrogen-bond donors (Lipinski definition) is 1. The van der Waals surface area contributed by atoms with Gasteiger partial charge in [-0.25, -0.2) is 0 Å². The SMILES string of the molecule is CC(=NCCC1CCNc2ccc(Cl)cc21)c1cccc(N(C)c2ccccc2)c1. The minimum atomic E-state index is 0.507. The van der Waals surface area contributed by atoms with E-state index in [-0.39, 0.29) is 0 Å². The molecule has 0 fully saturated rings. The van der Waals surface area contributed by atoms with Gasteiger partial charge < -0.3 is 10.2 Å². The molecule has 1 aliphatic rings. The fraction of sp³-hybridized carbons (Fsp3) is 0.269. The van der Waals surface area contributed by atoms with E-state index in [0.29, 0.717) is 5.92 Å². The summed E-state index contributed by atoms with van der Waals surface area (Å²) in [5, 5.41) is 4.28. The van der Waals surface area contributed by atoms with E-state index in [1.807, 2.05) is 12.1 Å². The molecule has 0 aromatic heterocycles. The highest BCUT2D eigenvalue weighted by molar-refractivity contribution is 6.30. The Labute approximate surface area is 184 Å². The predicted molar refractivity (Wildman–Crippen MR) is 130 cm³/mol. The molecule has 1 aliphatic heterocycles. The molecule has 1 heterocycles. The van der Waals surface area contributed by atoms with Gasteiger partial charge in [0.2, 0.25) is 0 Å². The molecule has 0 bridgehead atoms. The van der Waals surface area contributed by atoms with Gasteiger partial charge in [-0.05, 0) is 79.3 Å². The topological polar surface area (TPSA) is 27.6 Å². The Balaban J connectivity index is 1.44. The lowest BCUT2D eigenvalue weighted by Crippen LogP contribution is -2.17. The van der Waals surface area contributed by atoms with E-state index in [2.05, 4.69) is 84.9 Å². The monoisotopic (exact) mass is 417 g/mol. The number of aliphatic imine (C=N–C) groups is 1. The summed E-state index contributed by atoms with van der Waals surface area (Å²) >= 11 is 6.23. The van der Waals surface area contributed by atoms with Crippen molar-refractivity contribution in [2.45, 2.75) is 25.7 Å². The fourth-order valence-electron chi connectivity index (χ4n) is 4.09. The second-order valence-electron chi connectivity index (χ2n) is 7.84. The Hall–Kier alpha value is -2.78. The molecular formula is C26H28ClN3. The second kappa shape index (κ2) is 9.36. The highest BCUT2D eigenvalue weighted by Gasteiger charge is 2.19. The number of halogens is 1. The van der Waals surface area contributed by atoms with Crippen LogP contribution >= 0.6 is 11.6 Å². The number of rotatable bonds is 6. The van der Waals surface area contributed by atoms with Crippen LogP contribution in [0, 0.1) is 0 Å². The van der Waals surface area contributed by atoms with E-state index in [4.69, 9.17) is 16.6 Å². The lowest BCUT2D eigenvalue weighted by Gasteiger charge is -2.26. The molecule has 0 saturated heterocycles. The van der Waals surface area contributed by atoms with Gasteiger partial charge in [0.25, 0.3) is 0 Å². The van der Waals surface area contributed by atoms with Gasteiger partial charge in [-0.3, -0.25) is 4.99 Å². The third kappa shape index (κ3) is 4.68. The first-order valence-corrected chi connectivity index (χ1v) is 10.9. The highest BCUT2D eigenvalue weighted by atomic mass is 35.5. The van der Waals surface area contributed by atoms with Crippen molar-refractivity contribution in [1.29, 1.82) is 0 Å². The van der Waals surface area contributed by atoms with Crippen molar-refractivity contribution >= 4 is 34.4 Å². The average Bonchev–Trinajstić information content (AvgIpc) is 2.79. The molecule has 0 aliphatic carbocycles. The smallest absolute Gasteiger partial charge is 0.0414 e. The van der Waals surface area contributed by atoms with Crippen LogP contribution in [0.4, 0.5) is 17.1 Å². The van der Waals surface area contributed by atoms with Crippen molar-refractivity contribution < 1.29 is 0 Å². The normalized spacial score (nSPS) is 16.0. The van der Waals surface area contributed by atoms with Gasteiger partial charge in [0.15, 0.2) is 0 Å². The minimum Gasteiger partial charge on any atom is -0.385 e. The van der Waals surface area contributed by atoms with Crippen LogP contribution in [0.1, 0.15) is 36.8 Å². The van der Waals surface area contributed by atoms with Crippen LogP contribution in [-0.2, 0) is 0 Å². The predicted octanol–water partition coefficient (Wildman–Crippen LogP) is 6.91. The Morgan fingerprint density at radius 1 is 1.03 bits per heavy atom. The number of fused-ring (bicyclic) bond motifs is 1. The van der Waals surface area contributed by atoms with Gasteiger partial charge in [-0.2, -0.15) is 0 Å². The first kappa shape index (κ1) is 20.5. The van der Waals surface area contributed by atoms with Crippen molar-refractivity contribution in [2.24, 2.45) is 4.99 Å². The Kier molecular flexibility index (Phi) is 6.39. The van der Waals surface area contributed by atoms with E-state index in [9.17, 15) is 0 Å². The number of benzene rings is 3. The van der Waals surface area contributed by atoms with Gasteiger partial charge in [-0.15, -0.1) is 0 Å². The summed E-state index contributed by atoms with van der Waals surface area (Å²) < 4.78 is 0. The summed E-state index contributed by atoms with van der Waals surface area (Å²) in [5.74, 6) is 0.507. The molecule has 3 aromatic carbocycles. The molecule has 3 nitrogen and oxygen atoms in total. The fourth-order valence-corrected chi connectivity index (χ4v) is 4.27. The number of para-hydroxylation sites is 1. The maximum atomic E-state index is 6.23. The third-order valence-electron chi connectivity index (χ3n) is 5.88. The summed E-state index contributed by atoms with van der Waals surface area (Å²) in [5.41, 5.74) is 7.13. The lowest BCUT2D eigenvalue weighted by molar-refractivity contribution is 0.587. The standard InChI is InChI=1S/C26H28ClN3/c1-19(21-7-6-10-24(17-21)30(2)23-8-4-3-5-9-23)28-15-13-20-14-16-29-26-12-11-22(27)18-25(20)26/h3-12,17-18,20,29H,13-16H2,1-2H3. The molecule has 3 aromatic rings. The largest absolute Gasteiger partial charge is 0.385 e. The maximum absolute atomic E-state index is 6.23. The molecule has 1 N–H and O–H groups in total. The molecule has 0 amide bonds. The van der Waals surface area contributed by atoms with Crippen LogP contribution in [0.15, 0.2) is 77.8 Å². The quantitative estimate of drug-likeness (QED) is 0.441. The van der Waals surface area contributed by atoms with E-state index >= 15 is 0 Å². The summed E-state index contributed by atoms with van der Waals surface area (Å²) in [4.78, 5) is 7.10. The molecule has 0 radical (unpaired) electrons. The van der Waals surface area contributed by atoms with Gasteiger partial charge >= 0.3 is 0 Å². The third-order valence-corrected chi connectivity index (χ3v) is 6.12. The zero-order chi connectivity index (χ0) is 20.9. The van der Waals surface area contributed by atoms with Crippen molar-refractivity contribution in [1.82, 2.24) is 0 Å². The Morgan fingerprint density at radius 3 is 2.67 bits per heavy atom. The molecule has 0 spiro atoms. The summed E-state index contributed by atoms with van der Waals surface area (Å²) in [6, 6.07) is 25.2. The molecule has 1 atom stereocenters. The van der Waals surface area contributed by atoms with Crippen LogP contribution in [0.3, 0.4) is 0 Å². The van der Waals surface area contributed by atoms with Crippen LogP contribution < -0.4 is 10.2 Å². The van der Waals surface area contributed by atoms with Crippen molar-refractivity contribution in [3.63, 3.8) is 0 Å². The number of hydrogen-bond acceptors (Lipinski definition) is 3. The number of nitrogens with zero attached hydrogens (tertiary/aromatic N) is 2. The van der Waals surface area contributed by atoms with E-state index in [0.717, 1.165) is 42.4 Å². The summed E-state index contributed by atoms with van der Waals surface area (Å²) in [6.45, 7) is 3.94. The maximum Gasteiger partial charge on any atom is 0.0414 e. The highest BCUT2D eigenvalue weighted by Crippen LogP contribution is 2.35. The molecule has 4 rings (SSSR count). The van der Waals surface area contributed by atoms with Gasteiger partial charge in [0, 0.05) is 47.9 Å². The number of anilines is 3. The molecule has 0 saturated carbocycles. The zero-order valence-corrected chi connectivity index (χ0v) is 18.4. The summed E-state index contributed by atoms with van der Waals surface area (Å²) in [6.07, 6.45) is 2.16. The molecular weight excluding hydrogens is 390 g/mol. The van der Waals surface area contributed by atoms with Crippen LogP contribution in [0.25, 0.3) is 0 Å². The molecule has 30 heavy (non-hydrogen) atoms. The Bertz CT molecular complexity index is 1030.